The lowest BCUT2D eigenvalue weighted by Gasteiger charge is -2.07. The molecule has 4 N–H and O–H groups in total. The Morgan fingerprint density at radius 1 is 1.47 bits per heavy atom. The van der Waals surface area contributed by atoms with Gasteiger partial charge in [0.1, 0.15) is 9.90 Å². The van der Waals surface area contributed by atoms with E-state index in [1.165, 1.54) is 0 Å². The van der Waals surface area contributed by atoms with Gasteiger partial charge in [0.15, 0.2) is 15.7 Å². The van der Waals surface area contributed by atoms with Crippen LogP contribution in [0, 0.1) is 0 Å². The van der Waals surface area contributed by atoms with Crippen molar-refractivity contribution >= 4 is 32.2 Å². The van der Waals surface area contributed by atoms with E-state index in [1.807, 2.05) is 0 Å². The van der Waals surface area contributed by atoms with E-state index in [1.54, 1.807) is 0 Å². The fraction of sp³-hybridized carbons (Fsp3) is 0.700. The molecule has 2 rings (SSSR count). The lowest BCUT2D eigenvalue weighted by atomic mass is 10.6. The van der Waals surface area contributed by atoms with Crippen molar-refractivity contribution in [3.63, 3.8) is 0 Å². The number of nitrogens with zero attached hydrogens (tertiary/aromatic N) is 1. The summed E-state index contributed by atoms with van der Waals surface area (Å²) in [5, 5.41) is 11.7. The largest absolute Gasteiger partial charge is 0.394 e. The van der Waals surface area contributed by atoms with Gasteiger partial charge in [0, 0.05) is 6.54 Å². The Morgan fingerprint density at radius 3 is 2.84 bits per heavy atom. The van der Waals surface area contributed by atoms with Crippen LogP contribution in [0.15, 0.2) is 4.90 Å². The summed E-state index contributed by atoms with van der Waals surface area (Å²) in [7, 11) is -3.35. The Bertz CT molecular complexity index is 525. The molecule has 0 aromatic carbocycles. The summed E-state index contributed by atoms with van der Waals surface area (Å²) in [6.45, 7) is 1.05. The summed E-state index contributed by atoms with van der Waals surface area (Å²) in [5.41, 5.74) is 5.66. The van der Waals surface area contributed by atoms with E-state index in [9.17, 15) is 8.42 Å². The van der Waals surface area contributed by atoms with Crippen LogP contribution < -0.4 is 11.1 Å². The molecule has 9 heteroatoms. The highest BCUT2D eigenvalue weighted by molar-refractivity contribution is 7.92. The molecule has 1 saturated carbocycles. The third kappa shape index (κ3) is 3.35. The standard InChI is InChI=1S/C10H17N3O4S2/c11-9-8(19(15,16)7-1-2-7)10(18-13-9)12-3-5-17-6-4-14/h7,12,14H,1-6H2,(H2,11,13). The number of hydrogen-bond donors (Lipinski definition) is 3. The molecular weight excluding hydrogens is 290 g/mol. The van der Waals surface area contributed by atoms with E-state index in [0.717, 1.165) is 11.5 Å². The quantitative estimate of drug-likeness (QED) is 0.583. The van der Waals surface area contributed by atoms with Gasteiger partial charge in [0.2, 0.25) is 0 Å². The van der Waals surface area contributed by atoms with Gasteiger partial charge >= 0.3 is 0 Å². The number of aliphatic hydroxyl groups is 1. The molecule has 0 spiro atoms. The molecular formula is C10H17N3O4S2. The van der Waals surface area contributed by atoms with Crippen molar-refractivity contribution in [1.82, 2.24) is 4.37 Å². The summed E-state index contributed by atoms with van der Waals surface area (Å²) >= 11 is 1.04. The van der Waals surface area contributed by atoms with E-state index >= 15 is 0 Å². The molecule has 0 aliphatic heterocycles. The maximum atomic E-state index is 12.2. The first-order chi connectivity index (χ1) is 9.07. The number of aromatic nitrogens is 1. The zero-order chi connectivity index (χ0) is 13.9. The summed E-state index contributed by atoms with van der Waals surface area (Å²) < 4.78 is 33.4. The molecule has 0 saturated heterocycles. The number of rotatable bonds is 8. The van der Waals surface area contributed by atoms with Gasteiger partial charge in [0.05, 0.1) is 25.1 Å². The van der Waals surface area contributed by atoms with Crippen LogP contribution in [-0.4, -0.2) is 49.5 Å². The molecule has 0 amide bonds. The zero-order valence-electron chi connectivity index (χ0n) is 10.3. The van der Waals surface area contributed by atoms with Crippen molar-refractivity contribution in [1.29, 1.82) is 0 Å². The fourth-order valence-electron chi connectivity index (χ4n) is 1.63. The first-order valence-electron chi connectivity index (χ1n) is 5.99. The lowest BCUT2D eigenvalue weighted by molar-refractivity contribution is 0.0992. The maximum absolute atomic E-state index is 12.2. The Labute approximate surface area is 115 Å². The number of aliphatic hydroxyl groups excluding tert-OH is 1. The number of nitrogen functional groups attached to an aromatic ring is 1. The molecule has 1 aromatic rings. The number of nitrogens with two attached hydrogens (primary N) is 1. The normalized spacial score (nSPS) is 15.6. The monoisotopic (exact) mass is 307 g/mol. The molecule has 0 atom stereocenters. The molecule has 0 bridgehead atoms. The van der Waals surface area contributed by atoms with E-state index < -0.39 is 9.84 Å². The van der Waals surface area contributed by atoms with Crippen molar-refractivity contribution in [2.75, 3.05) is 37.4 Å². The molecule has 1 fully saturated rings. The first-order valence-corrected chi connectivity index (χ1v) is 8.31. The summed E-state index contributed by atoms with van der Waals surface area (Å²) in [6.07, 6.45) is 1.38. The number of ether oxygens (including phenoxy) is 1. The number of anilines is 2. The second-order valence-electron chi connectivity index (χ2n) is 4.23. The molecule has 7 nitrogen and oxygen atoms in total. The maximum Gasteiger partial charge on any atom is 0.187 e. The van der Waals surface area contributed by atoms with Gasteiger partial charge in [0.25, 0.3) is 0 Å². The highest BCUT2D eigenvalue weighted by atomic mass is 32.2. The van der Waals surface area contributed by atoms with Crippen molar-refractivity contribution in [3.05, 3.63) is 0 Å². The van der Waals surface area contributed by atoms with Gasteiger partial charge < -0.3 is 20.9 Å². The van der Waals surface area contributed by atoms with Gasteiger partial charge in [-0.05, 0) is 24.4 Å². The summed E-state index contributed by atoms with van der Waals surface area (Å²) in [6, 6.07) is 0. The first kappa shape index (κ1) is 14.5. The van der Waals surface area contributed by atoms with Crippen molar-refractivity contribution in [2.24, 2.45) is 0 Å². The second kappa shape index (κ2) is 6.04. The van der Waals surface area contributed by atoms with Crippen LogP contribution in [0.5, 0.6) is 0 Å². The Balaban J connectivity index is 2.02. The highest BCUT2D eigenvalue weighted by Gasteiger charge is 2.40. The van der Waals surface area contributed by atoms with Crippen LogP contribution in [0.4, 0.5) is 10.8 Å². The average Bonchev–Trinajstić information content (AvgIpc) is 3.15. The molecule has 1 aliphatic carbocycles. The van der Waals surface area contributed by atoms with Gasteiger partial charge in [-0.2, -0.15) is 4.37 Å². The van der Waals surface area contributed by atoms with Crippen LogP contribution in [0.3, 0.4) is 0 Å². The van der Waals surface area contributed by atoms with E-state index in [4.69, 9.17) is 15.6 Å². The van der Waals surface area contributed by atoms with Crippen LogP contribution in [0.1, 0.15) is 12.8 Å². The van der Waals surface area contributed by atoms with Gasteiger partial charge in [-0.15, -0.1) is 0 Å². The Morgan fingerprint density at radius 2 is 2.21 bits per heavy atom. The number of sulfone groups is 1. The summed E-state index contributed by atoms with van der Waals surface area (Å²) in [4.78, 5) is 0.127. The second-order valence-corrected chi connectivity index (χ2v) is 7.17. The van der Waals surface area contributed by atoms with Crippen LogP contribution >= 0.6 is 11.5 Å². The predicted molar refractivity (Wildman–Crippen MR) is 73.1 cm³/mol. The van der Waals surface area contributed by atoms with E-state index in [-0.39, 0.29) is 29.2 Å². The molecule has 1 aliphatic rings. The zero-order valence-corrected chi connectivity index (χ0v) is 12.0. The number of hydrogen-bond acceptors (Lipinski definition) is 8. The van der Waals surface area contributed by atoms with Gasteiger partial charge in [-0.1, -0.05) is 0 Å². The minimum atomic E-state index is -3.35. The summed E-state index contributed by atoms with van der Waals surface area (Å²) in [5.74, 6) is 0.0654. The molecule has 0 unspecified atom stereocenters. The van der Waals surface area contributed by atoms with Crippen LogP contribution in [0.25, 0.3) is 0 Å². The minimum Gasteiger partial charge on any atom is -0.394 e. The Hall–Kier alpha value is -0.900. The fourth-order valence-corrected chi connectivity index (χ4v) is 4.54. The number of nitrogens with one attached hydrogen (secondary N) is 1. The molecule has 1 aromatic heterocycles. The predicted octanol–water partition coefficient (Wildman–Crippen LogP) is 0.0822. The Kier molecular flexibility index (Phi) is 4.61. The highest BCUT2D eigenvalue weighted by Crippen LogP contribution is 2.40. The van der Waals surface area contributed by atoms with Gasteiger partial charge in [-0.25, -0.2) is 8.42 Å². The molecule has 19 heavy (non-hydrogen) atoms. The topological polar surface area (TPSA) is 115 Å². The molecule has 108 valence electrons. The molecule has 1 heterocycles. The van der Waals surface area contributed by atoms with Crippen molar-refractivity contribution in [3.8, 4) is 0 Å². The van der Waals surface area contributed by atoms with Crippen LogP contribution in [0.2, 0.25) is 0 Å². The van der Waals surface area contributed by atoms with Crippen molar-refractivity contribution in [2.45, 2.75) is 23.0 Å². The van der Waals surface area contributed by atoms with E-state index in [0.29, 0.717) is 31.0 Å². The molecule has 0 radical (unpaired) electrons. The lowest BCUT2D eigenvalue weighted by Crippen LogP contribution is -2.14. The van der Waals surface area contributed by atoms with Gasteiger partial charge in [-0.3, -0.25) is 0 Å². The smallest absolute Gasteiger partial charge is 0.187 e. The van der Waals surface area contributed by atoms with Crippen molar-refractivity contribution < 1.29 is 18.3 Å². The SMILES string of the molecule is Nc1nsc(NCCOCCO)c1S(=O)(=O)C1CC1. The average molecular weight is 307 g/mol. The minimum absolute atomic E-state index is 0.0329. The third-order valence-electron chi connectivity index (χ3n) is 2.69. The van der Waals surface area contributed by atoms with Crippen LogP contribution in [-0.2, 0) is 14.6 Å². The third-order valence-corrected chi connectivity index (χ3v) is 5.97. The van der Waals surface area contributed by atoms with E-state index in [2.05, 4.69) is 9.69 Å².